The standard InChI is InChI=1S/C12H16O4/c1-7-9(13)10(14)11(15)12(16-7)8-5-3-2-4-6-8/h2-7,9-15H,1H3/t7-,9-,10+,11+,12?/m1/s1. The van der Waals surface area contributed by atoms with E-state index in [2.05, 4.69) is 0 Å². The molecule has 1 aliphatic rings. The van der Waals surface area contributed by atoms with Gasteiger partial charge in [0.25, 0.3) is 0 Å². The van der Waals surface area contributed by atoms with E-state index in [4.69, 9.17) is 4.74 Å². The maximum Gasteiger partial charge on any atom is 0.113 e. The molecule has 0 radical (unpaired) electrons. The molecule has 2 rings (SSSR count). The summed E-state index contributed by atoms with van der Waals surface area (Å²) in [6.07, 6.45) is -4.41. The van der Waals surface area contributed by atoms with E-state index in [-0.39, 0.29) is 0 Å². The Morgan fingerprint density at radius 3 is 2.19 bits per heavy atom. The second-order valence-electron chi connectivity index (χ2n) is 4.14. The van der Waals surface area contributed by atoms with Crippen LogP contribution in [0.4, 0.5) is 0 Å². The topological polar surface area (TPSA) is 69.9 Å². The monoisotopic (exact) mass is 224 g/mol. The Morgan fingerprint density at radius 2 is 1.56 bits per heavy atom. The van der Waals surface area contributed by atoms with E-state index in [1.807, 2.05) is 30.3 Å². The number of ether oxygens (including phenoxy) is 1. The summed E-state index contributed by atoms with van der Waals surface area (Å²) in [6.45, 7) is 1.68. The quantitative estimate of drug-likeness (QED) is 0.638. The molecule has 16 heavy (non-hydrogen) atoms. The van der Waals surface area contributed by atoms with Crippen LogP contribution in [-0.4, -0.2) is 39.7 Å². The van der Waals surface area contributed by atoms with E-state index >= 15 is 0 Å². The van der Waals surface area contributed by atoms with Gasteiger partial charge in [0.15, 0.2) is 0 Å². The van der Waals surface area contributed by atoms with Crippen molar-refractivity contribution in [1.82, 2.24) is 0 Å². The lowest BCUT2D eigenvalue weighted by molar-refractivity contribution is -0.219. The van der Waals surface area contributed by atoms with Crippen molar-refractivity contribution >= 4 is 0 Å². The summed E-state index contributed by atoms with van der Waals surface area (Å²) in [5.74, 6) is 0. The number of aliphatic hydroxyl groups is 3. The highest BCUT2D eigenvalue weighted by Crippen LogP contribution is 2.31. The maximum atomic E-state index is 9.84. The van der Waals surface area contributed by atoms with Gasteiger partial charge in [-0.05, 0) is 12.5 Å². The van der Waals surface area contributed by atoms with Gasteiger partial charge in [-0.2, -0.15) is 0 Å². The lowest BCUT2D eigenvalue weighted by Gasteiger charge is -2.39. The molecule has 1 fully saturated rings. The van der Waals surface area contributed by atoms with Crippen molar-refractivity contribution in [2.24, 2.45) is 0 Å². The van der Waals surface area contributed by atoms with E-state index in [9.17, 15) is 15.3 Å². The zero-order valence-electron chi connectivity index (χ0n) is 9.02. The van der Waals surface area contributed by atoms with Gasteiger partial charge in [0.2, 0.25) is 0 Å². The molecule has 0 bridgehead atoms. The Kier molecular flexibility index (Phi) is 3.25. The van der Waals surface area contributed by atoms with Crippen LogP contribution in [0.15, 0.2) is 30.3 Å². The molecule has 1 saturated heterocycles. The number of aliphatic hydroxyl groups excluding tert-OH is 3. The van der Waals surface area contributed by atoms with Crippen LogP contribution in [-0.2, 0) is 4.74 Å². The third-order valence-corrected chi connectivity index (χ3v) is 2.98. The first-order chi connectivity index (χ1) is 7.61. The zero-order chi connectivity index (χ0) is 11.7. The van der Waals surface area contributed by atoms with Crippen LogP contribution < -0.4 is 0 Å². The number of hydrogen-bond donors (Lipinski definition) is 3. The van der Waals surface area contributed by atoms with Gasteiger partial charge >= 0.3 is 0 Å². The lowest BCUT2D eigenvalue weighted by Crippen LogP contribution is -2.53. The second-order valence-corrected chi connectivity index (χ2v) is 4.14. The van der Waals surface area contributed by atoms with Gasteiger partial charge in [0.05, 0.1) is 6.10 Å². The number of rotatable bonds is 1. The molecule has 0 aromatic heterocycles. The summed E-state index contributed by atoms with van der Waals surface area (Å²) >= 11 is 0. The predicted molar refractivity (Wildman–Crippen MR) is 57.8 cm³/mol. The smallest absolute Gasteiger partial charge is 0.113 e. The molecule has 5 atom stereocenters. The fraction of sp³-hybridized carbons (Fsp3) is 0.500. The second kappa shape index (κ2) is 4.51. The van der Waals surface area contributed by atoms with E-state index < -0.39 is 30.5 Å². The highest BCUT2D eigenvalue weighted by molar-refractivity contribution is 5.20. The molecule has 0 amide bonds. The Balaban J connectivity index is 2.23. The summed E-state index contributed by atoms with van der Waals surface area (Å²) < 4.78 is 5.51. The molecule has 0 aliphatic carbocycles. The zero-order valence-corrected chi connectivity index (χ0v) is 9.02. The van der Waals surface area contributed by atoms with Crippen molar-refractivity contribution in [2.45, 2.75) is 37.4 Å². The van der Waals surface area contributed by atoms with Gasteiger partial charge in [0, 0.05) is 0 Å². The fourth-order valence-electron chi connectivity index (χ4n) is 1.97. The normalized spacial score (nSPS) is 39.6. The van der Waals surface area contributed by atoms with Gasteiger partial charge in [-0.25, -0.2) is 0 Å². The molecule has 1 unspecified atom stereocenters. The molecule has 4 heteroatoms. The van der Waals surface area contributed by atoms with Gasteiger partial charge < -0.3 is 20.1 Å². The summed E-state index contributed by atoms with van der Waals surface area (Å²) in [4.78, 5) is 0. The molecular weight excluding hydrogens is 208 g/mol. The van der Waals surface area contributed by atoms with Crippen molar-refractivity contribution in [2.75, 3.05) is 0 Å². The van der Waals surface area contributed by atoms with Gasteiger partial charge in [0.1, 0.15) is 24.4 Å². The van der Waals surface area contributed by atoms with Crippen LogP contribution in [0.5, 0.6) is 0 Å². The Morgan fingerprint density at radius 1 is 0.938 bits per heavy atom. The minimum atomic E-state index is -1.17. The van der Waals surface area contributed by atoms with Gasteiger partial charge in [-0.3, -0.25) is 0 Å². The first-order valence-electron chi connectivity index (χ1n) is 5.36. The summed E-state index contributed by atoms with van der Waals surface area (Å²) in [7, 11) is 0. The van der Waals surface area contributed by atoms with Crippen molar-refractivity contribution in [3.8, 4) is 0 Å². The van der Waals surface area contributed by atoms with Crippen molar-refractivity contribution in [3.05, 3.63) is 35.9 Å². The molecule has 1 heterocycles. The van der Waals surface area contributed by atoms with E-state index in [1.54, 1.807) is 6.92 Å². The first-order valence-corrected chi connectivity index (χ1v) is 5.36. The molecule has 4 nitrogen and oxygen atoms in total. The van der Waals surface area contributed by atoms with Gasteiger partial charge in [-0.15, -0.1) is 0 Å². The first kappa shape index (κ1) is 11.5. The molecule has 0 spiro atoms. The Labute approximate surface area is 94.1 Å². The van der Waals surface area contributed by atoms with Crippen LogP contribution >= 0.6 is 0 Å². The summed E-state index contributed by atoms with van der Waals surface area (Å²) in [6, 6.07) is 9.20. The largest absolute Gasteiger partial charge is 0.388 e. The van der Waals surface area contributed by atoms with Crippen LogP contribution in [0.1, 0.15) is 18.6 Å². The van der Waals surface area contributed by atoms with Crippen LogP contribution in [0.2, 0.25) is 0 Å². The summed E-state index contributed by atoms with van der Waals surface area (Å²) in [5.41, 5.74) is 0.799. The predicted octanol–water partition coefficient (Wildman–Crippen LogP) is 0.229. The lowest BCUT2D eigenvalue weighted by atomic mass is 9.92. The number of hydrogen-bond acceptors (Lipinski definition) is 4. The average molecular weight is 224 g/mol. The minimum Gasteiger partial charge on any atom is -0.388 e. The average Bonchev–Trinajstić information content (AvgIpc) is 2.32. The van der Waals surface area contributed by atoms with Crippen LogP contribution in [0.3, 0.4) is 0 Å². The highest BCUT2D eigenvalue weighted by Gasteiger charge is 2.42. The molecule has 1 aromatic carbocycles. The fourth-order valence-corrected chi connectivity index (χ4v) is 1.97. The van der Waals surface area contributed by atoms with Crippen LogP contribution in [0, 0.1) is 0 Å². The minimum absolute atomic E-state index is 0.497. The number of benzene rings is 1. The van der Waals surface area contributed by atoms with E-state index in [0.717, 1.165) is 5.56 Å². The van der Waals surface area contributed by atoms with Crippen LogP contribution in [0.25, 0.3) is 0 Å². The SMILES string of the molecule is C[C@H]1OC(c2ccccc2)[C@@H](O)[C@@H](O)[C@@H]1O. The molecule has 0 saturated carbocycles. The maximum absolute atomic E-state index is 9.84. The van der Waals surface area contributed by atoms with Crippen molar-refractivity contribution in [3.63, 3.8) is 0 Å². The third kappa shape index (κ3) is 1.97. The molecule has 1 aliphatic heterocycles. The van der Waals surface area contributed by atoms with Gasteiger partial charge in [-0.1, -0.05) is 30.3 Å². The molecular formula is C12H16O4. The molecule has 1 aromatic rings. The van der Waals surface area contributed by atoms with E-state index in [1.165, 1.54) is 0 Å². The highest BCUT2D eigenvalue weighted by atomic mass is 16.5. The summed E-state index contributed by atoms with van der Waals surface area (Å²) in [5, 5.41) is 29.1. The third-order valence-electron chi connectivity index (χ3n) is 2.98. The molecule has 3 N–H and O–H groups in total. The van der Waals surface area contributed by atoms with E-state index in [0.29, 0.717) is 0 Å². The van der Waals surface area contributed by atoms with Crippen molar-refractivity contribution < 1.29 is 20.1 Å². The Bertz CT molecular complexity index is 340. The molecule has 88 valence electrons. The van der Waals surface area contributed by atoms with Crippen molar-refractivity contribution in [1.29, 1.82) is 0 Å². The Hall–Kier alpha value is -0.940.